The number of likely N-dealkylation sites (tertiary alicyclic amines) is 1. The second kappa shape index (κ2) is 11.2. The van der Waals surface area contributed by atoms with E-state index < -0.39 is 5.60 Å². The molecule has 1 aromatic rings. The Kier molecular flexibility index (Phi) is 8.99. The van der Waals surface area contributed by atoms with Gasteiger partial charge in [-0.05, 0) is 58.4 Å². The van der Waals surface area contributed by atoms with Crippen molar-refractivity contribution in [3.8, 4) is 0 Å². The van der Waals surface area contributed by atoms with Crippen LogP contribution in [0.25, 0.3) is 0 Å². The van der Waals surface area contributed by atoms with Crippen molar-refractivity contribution in [3.05, 3.63) is 18.0 Å². The predicted molar refractivity (Wildman–Crippen MR) is 121 cm³/mol. The fraction of sp³-hybridized carbons (Fsp3) is 0.773. The third-order valence-corrected chi connectivity index (χ3v) is 4.98. The first-order chi connectivity index (χ1) is 14.2. The van der Waals surface area contributed by atoms with E-state index in [0.717, 1.165) is 44.9 Å². The molecule has 0 saturated carbocycles. The zero-order valence-corrected chi connectivity index (χ0v) is 19.6. The SMILES string of the molecule is CCCN(CCN=C(NCC)N1CCC(Cc2cnn(C)c2)C1)C(=O)OC(C)(C)C. The molecule has 1 unspecified atom stereocenters. The summed E-state index contributed by atoms with van der Waals surface area (Å²) in [6.07, 6.45) is 6.89. The lowest BCUT2D eigenvalue weighted by molar-refractivity contribution is 0.0256. The van der Waals surface area contributed by atoms with Crippen LogP contribution in [0.3, 0.4) is 0 Å². The molecule has 1 aliphatic heterocycles. The van der Waals surface area contributed by atoms with Crippen molar-refractivity contribution in [1.29, 1.82) is 0 Å². The van der Waals surface area contributed by atoms with E-state index in [4.69, 9.17) is 9.73 Å². The number of hydrogen-bond donors (Lipinski definition) is 1. The first-order valence-corrected chi connectivity index (χ1v) is 11.2. The summed E-state index contributed by atoms with van der Waals surface area (Å²) >= 11 is 0. The van der Waals surface area contributed by atoms with Crippen molar-refractivity contribution in [3.63, 3.8) is 0 Å². The van der Waals surface area contributed by atoms with Crippen LogP contribution in [0.2, 0.25) is 0 Å². The minimum Gasteiger partial charge on any atom is -0.444 e. The molecule has 1 aromatic heterocycles. The summed E-state index contributed by atoms with van der Waals surface area (Å²) in [6.45, 7) is 14.5. The maximum absolute atomic E-state index is 12.4. The molecule has 2 heterocycles. The number of rotatable bonds is 8. The van der Waals surface area contributed by atoms with Crippen molar-refractivity contribution >= 4 is 12.1 Å². The third-order valence-electron chi connectivity index (χ3n) is 4.98. The Balaban J connectivity index is 1.91. The molecule has 1 atom stereocenters. The van der Waals surface area contributed by atoms with E-state index in [2.05, 4.69) is 35.4 Å². The van der Waals surface area contributed by atoms with Gasteiger partial charge >= 0.3 is 6.09 Å². The molecule has 1 amide bonds. The van der Waals surface area contributed by atoms with Gasteiger partial charge in [0.1, 0.15) is 5.60 Å². The quantitative estimate of drug-likeness (QED) is 0.517. The van der Waals surface area contributed by atoms with Crippen molar-refractivity contribution in [1.82, 2.24) is 24.9 Å². The molecule has 1 saturated heterocycles. The standard InChI is InChI=1S/C22H40N6O2/c1-7-11-27(21(29)30-22(3,4)5)13-10-24-20(23-8-2)28-12-9-18(17-28)14-19-15-25-26(6)16-19/h15-16,18H,7-14,17H2,1-6H3,(H,23,24). The number of aliphatic imine (C=N–C) groups is 1. The first kappa shape index (κ1) is 24.0. The minimum atomic E-state index is -0.486. The van der Waals surface area contributed by atoms with Crippen molar-refractivity contribution in [2.45, 2.75) is 59.5 Å². The average Bonchev–Trinajstić information content (AvgIpc) is 3.28. The Labute approximate surface area is 181 Å². The van der Waals surface area contributed by atoms with Crippen LogP contribution in [0.1, 0.15) is 53.0 Å². The lowest BCUT2D eigenvalue weighted by Crippen LogP contribution is -2.42. The second-order valence-electron chi connectivity index (χ2n) is 9.03. The third kappa shape index (κ3) is 7.88. The molecule has 0 aromatic carbocycles. The Hall–Kier alpha value is -2.25. The number of carbonyl (C=O) groups is 1. The summed E-state index contributed by atoms with van der Waals surface area (Å²) in [7, 11) is 1.96. The molecule has 0 radical (unpaired) electrons. The fourth-order valence-electron chi connectivity index (χ4n) is 3.70. The summed E-state index contributed by atoms with van der Waals surface area (Å²) < 4.78 is 7.40. The van der Waals surface area contributed by atoms with E-state index in [1.807, 2.05) is 38.7 Å². The van der Waals surface area contributed by atoms with E-state index in [-0.39, 0.29) is 6.09 Å². The highest BCUT2D eigenvalue weighted by atomic mass is 16.6. The summed E-state index contributed by atoms with van der Waals surface area (Å²) in [5.74, 6) is 1.54. The Morgan fingerprint density at radius 3 is 2.73 bits per heavy atom. The highest BCUT2D eigenvalue weighted by molar-refractivity contribution is 5.80. The van der Waals surface area contributed by atoms with Crippen LogP contribution >= 0.6 is 0 Å². The lowest BCUT2D eigenvalue weighted by atomic mass is 10.0. The number of carbonyl (C=O) groups excluding carboxylic acids is 1. The molecular formula is C22H40N6O2. The number of guanidine groups is 1. The van der Waals surface area contributed by atoms with Gasteiger partial charge in [0.05, 0.1) is 12.7 Å². The van der Waals surface area contributed by atoms with Gasteiger partial charge in [-0.3, -0.25) is 9.67 Å². The molecule has 1 N–H and O–H groups in total. The number of nitrogens with one attached hydrogen (secondary N) is 1. The molecule has 1 fully saturated rings. The highest BCUT2D eigenvalue weighted by Crippen LogP contribution is 2.20. The van der Waals surface area contributed by atoms with Gasteiger partial charge in [-0.2, -0.15) is 5.10 Å². The van der Waals surface area contributed by atoms with Crippen LogP contribution in [0.5, 0.6) is 0 Å². The number of amides is 1. The summed E-state index contributed by atoms with van der Waals surface area (Å²) in [6, 6.07) is 0. The monoisotopic (exact) mass is 420 g/mol. The molecular weight excluding hydrogens is 380 g/mol. The van der Waals surface area contributed by atoms with Crippen LogP contribution in [0.4, 0.5) is 4.79 Å². The van der Waals surface area contributed by atoms with Crippen molar-refractivity contribution in [2.75, 3.05) is 39.3 Å². The minimum absolute atomic E-state index is 0.262. The number of hydrogen-bond acceptors (Lipinski definition) is 4. The molecule has 8 nitrogen and oxygen atoms in total. The predicted octanol–water partition coefficient (Wildman–Crippen LogP) is 2.90. The molecule has 0 spiro atoms. The number of nitrogens with zero attached hydrogens (tertiary/aromatic N) is 5. The largest absolute Gasteiger partial charge is 0.444 e. The van der Waals surface area contributed by atoms with Gasteiger partial charge in [-0.1, -0.05) is 6.92 Å². The van der Waals surface area contributed by atoms with Gasteiger partial charge in [0.2, 0.25) is 0 Å². The van der Waals surface area contributed by atoms with Crippen LogP contribution in [0.15, 0.2) is 17.4 Å². The van der Waals surface area contributed by atoms with E-state index in [1.54, 1.807) is 4.90 Å². The average molecular weight is 421 g/mol. The highest BCUT2D eigenvalue weighted by Gasteiger charge is 2.26. The summed E-state index contributed by atoms with van der Waals surface area (Å²) in [5, 5.41) is 7.69. The number of ether oxygens (including phenoxy) is 1. The fourth-order valence-corrected chi connectivity index (χ4v) is 3.70. The van der Waals surface area contributed by atoms with E-state index in [0.29, 0.717) is 25.6 Å². The molecule has 0 bridgehead atoms. The van der Waals surface area contributed by atoms with Crippen molar-refractivity contribution in [2.24, 2.45) is 18.0 Å². The van der Waals surface area contributed by atoms with Crippen molar-refractivity contribution < 1.29 is 9.53 Å². The van der Waals surface area contributed by atoms with E-state index in [9.17, 15) is 4.79 Å². The maximum atomic E-state index is 12.4. The van der Waals surface area contributed by atoms with Crippen LogP contribution in [-0.4, -0.2) is 76.5 Å². The number of aryl methyl sites for hydroxylation is 1. The summed E-state index contributed by atoms with van der Waals surface area (Å²) in [5.41, 5.74) is 0.805. The normalized spacial score (nSPS) is 17.3. The molecule has 1 aliphatic rings. The molecule has 8 heteroatoms. The lowest BCUT2D eigenvalue weighted by Gasteiger charge is -2.27. The molecule has 0 aliphatic carbocycles. The number of aromatic nitrogens is 2. The first-order valence-electron chi connectivity index (χ1n) is 11.2. The second-order valence-corrected chi connectivity index (χ2v) is 9.03. The van der Waals surface area contributed by atoms with Gasteiger partial charge < -0.3 is 19.9 Å². The zero-order chi connectivity index (χ0) is 22.1. The van der Waals surface area contributed by atoms with Gasteiger partial charge in [-0.25, -0.2) is 4.79 Å². The topological polar surface area (TPSA) is 75.0 Å². The molecule has 30 heavy (non-hydrogen) atoms. The van der Waals surface area contributed by atoms with Gasteiger partial charge in [0, 0.05) is 46.0 Å². The Morgan fingerprint density at radius 1 is 1.37 bits per heavy atom. The van der Waals surface area contributed by atoms with Crippen LogP contribution in [-0.2, 0) is 18.2 Å². The Bertz CT molecular complexity index is 694. The maximum Gasteiger partial charge on any atom is 0.410 e. The Morgan fingerprint density at radius 2 is 2.13 bits per heavy atom. The van der Waals surface area contributed by atoms with Crippen LogP contribution in [0, 0.1) is 5.92 Å². The molecule has 170 valence electrons. The zero-order valence-electron chi connectivity index (χ0n) is 19.6. The van der Waals surface area contributed by atoms with Gasteiger partial charge in [-0.15, -0.1) is 0 Å². The molecule has 2 rings (SSSR count). The van der Waals surface area contributed by atoms with E-state index in [1.165, 1.54) is 5.56 Å². The van der Waals surface area contributed by atoms with Crippen LogP contribution < -0.4 is 5.32 Å². The smallest absolute Gasteiger partial charge is 0.410 e. The van der Waals surface area contributed by atoms with E-state index >= 15 is 0 Å². The van der Waals surface area contributed by atoms with Gasteiger partial charge in [0.25, 0.3) is 0 Å². The van der Waals surface area contributed by atoms with Gasteiger partial charge in [0.15, 0.2) is 5.96 Å². The summed E-state index contributed by atoms with van der Waals surface area (Å²) in [4.78, 5) is 21.3.